The van der Waals surface area contributed by atoms with E-state index in [0.29, 0.717) is 30.1 Å². The van der Waals surface area contributed by atoms with Crippen LogP contribution in [-0.4, -0.2) is 29.2 Å². The number of nitrogens with one attached hydrogen (secondary N) is 1. The summed E-state index contributed by atoms with van der Waals surface area (Å²) in [5.74, 6) is 0.642. The average molecular weight is 460 g/mol. The maximum atomic E-state index is 13.1. The number of nitrogens with zero attached hydrogens (tertiary/aromatic N) is 2. The number of unbranched alkanes of at least 4 members (excludes halogenated alkanes) is 1. The van der Waals surface area contributed by atoms with Gasteiger partial charge >= 0.3 is 12.2 Å². The summed E-state index contributed by atoms with van der Waals surface area (Å²) < 4.78 is 46.3. The number of alkyl halides is 3. The third kappa shape index (κ3) is 6.78. The largest absolute Gasteiger partial charge is 0.497 e. The number of hydrogen-bond acceptors (Lipinski definition) is 2. The van der Waals surface area contributed by atoms with Gasteiger partial charge in [-0.15, -0.1) is 0 Å². The molecule has 0 spiro atoms. The quantitative estimate of drug-likeness (QED) is 0.403. The summed E-state index contributed by atoms with van der Waals surface area (Å²) in [5, 5.41) is 2.90. The molecule has 0 saturated heterocycles. The molecule has 5 nitrogen and oxygen atoms in total. The number of methoxy groups -OCH3 is 1. The molecule has 1 aromatic heterocycles. The summed E-state index contributed by atoms with van der Waals surface area (Å²) in [7, 11) is 1.56. The van der Waals surface area contributed by atoms with E-state index in [0.717, 1.165) is 30.7 Å². The van der Waals surface area contributed by atoms with Gasteiger partial charge in [-0.2, -0.15) is 13.2 Å². The van der Waals surface area contributed by atoms with E-state index in [1.165, 1.54) is 6.07 Å². The molecule has 0 aliphatic rings. The van der Waals surface area contributed by atoms with Gasteiger partial charge in [-0.25, -0.2) is 4.79 Å². The molecular weight excluding hydrogens is 431 g/mol. The number of ether oxygens (including phenoxy) is 1. The second kappa shape index (κ2) is 10.9. The van der Waals surface area contributed by atoms with Crippen molar-refractivity contribution in [1.29, 1.82) is 0 Å². The molecule has 0 saturated carbocycles. The Bertz CT molecular complexity index is 1060. The topological polar surface area (TPSA) is 46.5 Å². The van der Waals surface area contributed by atoms with Gasteiger partial charge in [0.25, 0.3) is 0 Å². The van der Waals surface area contributed by atoms with E-state index in [1.807, 2.05) is 22.9 Å². The second-order valence-electron chi connectivity index (χ2n) is 7.76. The number of anilines is 1. The van der Waals surface area contributed by atoms with E-state index in [4.69, 9.17) is 4.74 Å². The van der Waals surface area contributed by atoms with E-state index in [2.05, 4.69) is 12.2 Å². The van der Waals surface area contributed by atoms with Gasteiger partial charge in [0.1, 0.15) is 5.75 Å². The lowest BCUT2D eigenvalue weighted by molar-refractivity contribution is -0.137. The Kier molecular flexibility index (Phi) is 8.03. The monoisotopic (exact) mass is 459 g/mol. The lowest BCUT2D eigenvalue weighted by atomic mass is 10.1. The predicted octanol–water partition coefficient (Wildman–Crippen LogP) is 6.40. The van der Waals surface area contributed by atoms with Gasteiger partial charge in [-0.3, -0.25) is 0 Å². The molecule has 0 aliphatic carbocycles. The molecule has 176 valence electrons. The van der Waals surface area contributed by atoms with Crippen molar-refractivity contribution in [1.82, 2.24) is 9.47 Å². The lowest BCUT2D eigenvalue weighted by Gasteiger charge is -2.24. The molecule has 0 radical (unpaired) electrons. The Morgan fingerprint density at radius 2 is 1.88 bits per heavy atom. The molecule has 0 atom stereocenters. The van der Waals surface area contributed by atoms with Crippen molar-refractivity contribution < 1.29 is 22.7 Å². The highest BCUT2D eigenvalue weighted by Crippen LogP contribution is 2.29. The van der Waals surface area contributed by atoms with Gasteiger partial charge < -0.3 is 19.5 Å². The Morgan fingerprint density at radius 1 is 1.09 bits per heavy atom. The smallest absolute Gasteiger partial charge is 0.416 e. The van der Waals surface area contributed by atoms with Gasteiger partial charge in [-0.05, 0) is 48.4 Å². The van der Waals surface area contributed by atoms with Crippen LogP contribution in [0.3, 0.4) is 0 Å². The standard InChI is InChI=1S/C25H28F3N3O2/c1-3-4-13-31(24(32)29-21-10-6-12-23(16-21)33-2)18-22-11-7-14-30(22)17-19-8-5-9-20(15-19)25(26,27)28/h5-12,14-16H,3-4,13,17-18H2,1-2H3,(H,29,32). The normalized spacial score (nSPS) is 11.3. The van der Waals surface area contributed by atoms with E-state index < -0.39 is 11.7 Å². The molecule has 1 N–H and O–H groups in total. The van der Waals surface area contributed by atoms with E-state index in [9.17, 15) is 18.0 Å². The molecule has 2 amide bonds. The molecule has 3 rings (SSSR count). The first-order chi connectivity index (χ1) is 15.8. The van der Waals surface area contributed by atoms with E-state index in [-0.39, 0.29) is 12.6 Å². The van der Waals surface area contributed by atoms with Crippen LogP contribution in [0.15, 0.2) is 66.9 Å². The summed E-state index contributed by atoms with van der Waals surface area (Å²) in [6.45, 7) is 3.22. The second-order valence-corrected chi connectivity index (χ2v) is 7.76. The van der Waals surface area contributed by atoms with Crippen LogP contribution in [0.5, 0.6) is 5.75 Å². The minimum atomic E-state index is -4.38. The molecule has 0 unspecified atom stereocenters. The highest BCUT2D eigenvalue weighted by atomic mass is 19.4. The minimum absolute atomic E-state index is 0.247. The summed E-state index contributed by atoms with van der Waals surface area (Å²) in [5.41, 5.74) is 1.34. The molecular formula is C25H28F3N3O2. The van der Waals surface area contributed by atoms with Gasteiger partial charge in [0.15, 0.2) is 0 Å². The van der Waals surface area contributed by atoms with Crippen molar-refractivity contribution in [2.75, 3.05) is 19.0 Å². The van der Waals surface area contributed by atoms with Crippen molar-refractivity contribution in [2.24, 2.45) is 0 Å². The minimum Gasteiger partial charge on any atom is -0.497 e. The number of urea groups is 1. The number of halogens is 3. The Labute approximate surface area is 191 Å². The third-order valence-electron chi connectivity index (χ3n) is 5.27. The van der Waals surface area contributed by atoms with Gasteiger partial charge in [0.05, 0.1) is 19.2 Å². The van der Waals surface area contributed by atoms with Crippen molar-refractivity contribution >= 4 is 11.7 Å². The SMILES string of the molecule is CCCCN(Cc1cccn1Cc1cccc(C(F)(F)F)c1)C(=O)Nc1cccc(OC)c1. The maximum Gasteiger partial charge on any atom is 0.416 e. The fourth-order valence-electron chi connectivity index (χ4n) is 3.49. The summed E-state index contributed by atoms with van der Waals surface area (Å²) in [6, 6.07) is 15.9. The number of carbonyl (C=O) groups excluding carboxylic acids is 1. The van der Waals surface area contributed by atoms with E-state index in [1.54, 1.807) is 42.3 Å². The van der Waals surface area contributed by atoms with Crippen LogP contribution in [0.1, 0.15) is 36.6 Å². The van der Waals surface area contributed by atoms with Gasteiger partial charge in [0, 0.05) is 36.7 Å². The van der Waals surface area contributed by atoms with Gasteiger partial charge in [-0.1, -0.05) is 31.5 Å². The Hall–Kier alpha value is -3.42. The third-order valence-corrected chi connectivity index (χ3v) is 5.27. The van der Waals surface area contributed by atoms with Crippen LogP contribution in [0.25, 0.3) is 0 Å². The zero-order valence-corrected chi connectivity index (χ0v) is 18.7. The molecule has 0 fully saturated rings. The van der Waals surface area contributed by atoms with Crippen LogP contribution in [0.2, 0.25) is 0 Å². The van der Waals surface area contributed by atoms with Crippen molar-refractivity contribution in [3.63, 3.8) is 0 Å². The fourth-order valence-corrected chi connectivity index (χ4v) is 3.49. The maximum absolute atomic E-state index is 13.1. The summed E-state index contributed by atoms with van der Waals surface area (Å²) in [6.07, 6.45) is -0.813. The van der Waals surface area contributed by atoms with Crippen LogP contribution in [0, 0.1) is 0 Å². The van der Waals surface area contributed by atoms with Crippen LogP contribution in [-0.2, 0) is 19.3 Å². The molecule has 0 aliphatic heterocycles. The highest BCUT2D eigenvalue weighted by molar-refractivity contribution is 5.89. The van der Waals surface area contributed by atoms with Crippen LogP contribution < -0.4 is 10.1 Å². The van der Waals surface area contributed by atoms with E-state index >= 15 is 0 Å². The first kappa shape index (κ1) is 24.2. The zero-order valence-electron chi connectivity index (χ0n) is 18.7. The summed E-state index contributed by atoms with van der Waals surface area (Å²) in [4.78, 5) is 14.7. The van der Waals surface area contributed by atoms with Crippen molar-refractivity contribution in [3.05, 3.63) is 83.7 Å². The zero-order chi connectivity index (χ0) is 23.8. The first-order valence-electron chi connectivity index (χ1n) is 10.8. The average Bonchev–Trinajstić information content (AvgIpc) is 3.22. The van der Waals surface area contributed by atoms with Crippen molar-refractivity contribution in [3.8, 4) is 5.75 Å². The first-order valence-corrected chi connectivity index (χ1v) is 10.8. The summed E-state index contributed by atoms with van der Waals surface area (Å²) >= 11 is 0. The van der Waals surface area contributed by atoms with Crippen LogP contribution in [0.4, 0.5) is 23.7 Å². The highest BCUT2D eigenvalue weighted by Gasteiger charge is 2.30. The van der Waals surface area contributed by atoms with Crippen LogP contribution >= 0.6 is 0 Å². The Morgan fingerprint density at radius 3 is 2.61 bits per heavy atom. The number of rotatable bonds is 9. The number of aromatic nitrogens is 1. The molecule has 1 heterocycles. The number of benzene rings is 2. The number of amides is 2. The van der Waals surface area contributed by atoms with Crippen molar-refractivity contribution in [2.45, 2.75) is 39.0 Å². The molecule has 8 heteroatoms. The van der Waals surface area contributed by atoms with Gasteiger partial charge in [0.2, 0.25) is 0 Å². The number of hydrogen-bond donors (Lipinski definition) is 1. The number of carbonyl (C=O) groups is 1. The molecule has 0 bridgehead atoms. The molecule has 3 aromatic rings. The lowest BCUT2D eigenvalue weighted by Crippen LogP contribution is -2.36. The predicted molar refractivity (Wildman–Crippen MR) is 122 cm³/mol. The molecule has 2 aromatic carbocycles. The fraction of sp³-hybridized carbons (Fsp3) is 0.320. The molecule has 33 heavy (non-hydrogen) atoms. The Balaban J connectivity index is 1.75.